The van der Waals surface area contributed by atoms with E-state index in [0.717, 1.165) is 17.3 Å². The molecule has 1 aliphatic heterocycles. The van der Waals surface area contributed by atoms with Crippen molar-refractivity contribution in [3.05, 3.63) is 99.4 Å². The molecule has 0 spiro atoms. The summed E-state index contributed by atoms with van der Waals surface area (Å²) in [5.74, 6) is -0.685. The quantitative estimate of drug-likeness (QED) is 0.308. The molecular weight excluding hydrogens is 460 g/mol. The second-order valence-corrected chi connectivity index (χ2v) is 8.65. The van der Waals surface area contributed by atoms with Crippen LogP contribution in [-0.2, 0) is 11.4 Å². The number of amides is 1. The summed E-state index contributed by atoms with van der Waals surface area (Å²) in [5, 5.41) is -0.0877. The maximum absolute atomic E-state index is 13.8. The predicted octanol–water partition coefficient (Wildman–Crippen LogP) is 6.60. The number of ether oxygens (including phenoxy) is 1. The number of carbonyl (C=O) groups is 1. The molecule has 1 saturated heterocycles. The fraction of sp³-hybridized carbons (Fsp3) is 0.0435. The second-order valence-electron chi connectivity index (χ2n) is 6.57. The Hall–Kier alpha value is -2.74. The van der Waals surface area contributed by atoms with Crippen molar-refractivity contribution in [2.75, 3.05) is 4.90 Å². The summed E-state index contributed by atoms with van der Waals surface area (Å²) < 4.78 is 33.2. The maximum Gasteiger partial charge on any atom is 0.270 e. The van der Waals surface area contributed by atoms with Crippen LogP contribution in [0.4, 0.5) is 14.5 Å². The summed E-state index contributed by atoms with van der Waals surface area (Å²) >= 11 is 12.3. The standard InChI is InChI=1S/C23H14ClF2NO2S2/c24-18-12-16(8-9-20(18)26)27-22(28)21(31-23(27)30)11-14-4-3-6-17(10-14)29-13-15-5-1-2-7-19(15)25/h1-12H,13H2. The molecule has 0 aliphatic carbocycles. The van der Waals surface area contributed by atoms with Gasteiger partial charge in [0.1, 0.15) is 24.0 Å². The number of benzene rings is 3. The Morgan fingerprint density at radius 1 is 1.03 bits per heavy atom. The Morgan fingerprint density at radius 3 is 2.61 bits per heavy atom. The van der Waals surface area contributed by atoms with Gasteiger partial charge in [0, 0.05) is 5.56 Å². The van der Waals surface area contributed by atoms with E-state index < -0.39 is 5.82 Å². The van der Waals surface area contributed by atoms with Crippen molar-refractivity contribution in [1.29, 1.82) is 0 Å². The molecule has 1 amide bonds. The number of hydrogen-bond acceptors (Lipinski definition) is 4. The van der Waals surface area contributed by atoms with E-state index in [1.807, 2.05) is 6.07 Å². The molecule has 31 heavy (non-hydrogen) atoms. The van der Waals surface area contributed by atoms with Crippen LogP contribution < -0.4 is 9.64 Å². The van der Waals surface area contributed by atoms with Crippen LogP contribution in [0.15, 0.2) is 71.6 Å². The van der Waals surface area contributed by atoms with Gasteiger partial charge in [0.25, 0.3) is 5.91 Å². The fourth-order valence-corrected chi connectivity index (χ4v) is 4.41. The number of hydrogen-bond donors (Lipinski definition) is 0. The van der Waals surface area contributed by atoms with Gasteiger partial charge in [0.15, 0.2) is 4.32 Å². The molecule has 3 aromatic carbocycles. The lowest BCUT2D eigenvalue weighted by Crippen LogP contribution is -2.27. The molecule has 156 valence electrons. The molecule has 1 aliphatic rings. The normalized spacial score (nSPS) is 15.1. The first-order valence-corrected chi connectivity index (χ1v) is 10.7. The first-order valence-electron chi connectivity index (χ1n) is 9.11. The molecule has 0 radical (unpaired) electrons. The van der Waals surface area contributed by atoms with E-state index in [0.29, 0.717) is 26.2 Å². The highest BCUT2D eigenvalue weighted by Crippen LogP contribution is 2.37. The van der Waals surface area contributed by atoms with E-state index in [2.05, 4.69) is 0 Å². The Labute approximate surface area is 192 Å². The Bertz CT molecular complexity index is 1220. The van der Waals surface area contributed by atoms with Gasteiger partial charge in [-0.1, -0.05) is 65.9 Å². The third kappa shape index (κ3) is 4.79. The van der Waals surface area contributed by atoms with Gasteiger partial charge in [-0.05, 0) is 48.0 Å². The van der Waals surface area contributed by atoms with Crippen molar-refractivity contribution >= 4 is 57.6 Å². The third-order valence-electron chi connectivity index (χ3n) is 4.46. The highest BCUT2D eigenvalue weighted by atomic mass is 35.5. The lowest BCUT2D eigenvalue weighted by atomic mass is 10.2. The van der Waals surface area contributed by atoms with Crippen molar-refractivity contribution in [2.24, 2.45) is 0 Å². The molecule has 0 aromatic heterocycles. The van der Waals surface area contributed by atoms with Crippen LogP contribution in [0.1, 0.15) is 11.1 Å². The van der Waals surface area contributed by atoms with Gasteiger partial charge in [0.2, 0.25) is 0 Å². The third-order valence-corrected chi connectivity index (χ3v) is 6.05. The van der Waals surface area contributed by atoms with Crippen molar-refractivity contribution in [1.82, 2.24) is 0 Å². The minimum Gasteiger partial charge on any atom is -0.489 e. The lowest BCUT2D eigenvalue weighted by molar-refractivity contribution is -0.113. The fourth-order valence-electron chi connectivity index (χ4n) is 2.94. The van der Waals surface area contributed by atoms with Gasteiger partial charge in [-0.3, -0.25) is 9.69 Å². The van der Waals surface area contributed by atoms with Gasteiger partial charge in [-0.2, -0.15) is 0 Å². The van der Waals surface area contributed by atoms with Crippen LogP contribution in [0.2, 0.25) is 5.02 Å². The smallest absolute Gasteiger partial charge is 0.270 e. The SMILES string of the molecule is O=C1C(=Cc2cccc(OCc3ccccc3F)c2)SC(=S)N1c1ccc(F)c(Cl)c1. The molecule has 3 nitrogen and oxygen atoms in total. The Kier molecular flexibility index (Phi) is 6.36. The van der Waals surface area contributed by atoms with E-state index >= 15 is 0 Å². The minimum atomic E-state index is -0.571. The number of rotatable bonds is 5. The molecule has 0 unspecified atom stereocenters. The Balaban J connectivity index is 1.53. The zero-order chi connectivity index (χ0) is 22.0. The number of anilines is 1. The monoisotopic (exact) mass is 473 g/mol. The van der Waals surface area contributed by atoms with E-state index in [9.17, 15) is 13.6 Å². The molecule has 0 bridgehead atoms. The number of carbonyl (C=O) groups excluding carboxylic acids is 1. The van der Waals surface area contributed by atoms with Gasteiger partial charge in [0.05, 0.1) is 15.6 Å². The minimum absolute atomic E-state index is 0.0869. The van der Waals surface area contributed by atoms with E-state index in [1.165, 1.54) is 29.2 Å². The summed E-state index contributed by atoms with van der Waals surface area (Å²) in [5.41, 5.74) is 1.58. The molecule has 1 fully saturated rings. The first-order chi connectivity index (χ1) is 14.9. The Morgan fingerprint density at radius 2 is 1.84 bits per heavy atom. The average Bonchev–Trinajstić information content (AvgIpc) is 3.03. The molecular formula is C23H14ClF2NO2S2. The zero-order valence-corrected chi connectivity index (χ0v) is 18.2. The predicted molar refractivity (Wildman–Crippen MR) is 124 cm³/mol. The molecule has 1 heterocycles. The van der Waals surface area contributed by atoms with Crippen LogP contribution >= 0.6 is 35.6 Å². The number of thioether (sulfide) groups is 1. The topological polar surface area (TPSA) is 29.5 Å². The zero-order valence-electron chi connectivity index (χ0n) is 15.8. The number of halogens is 3. The van der Waals surface area contributed by atoms with Gasteiger partial charge in [-0.15, -0.1) is 0 Å². The molecule has 8 heteroatoms. The maximum atomic E-state index is 13.8. The summed E-state index contributed by atoms with van der Waals surface area (Å²) in [4.78, 5) is 14.6. The van der Waals surface area contributed by atoms with Gasteiger partial charge < -0.3 is 4.74 Å². The molecule has 0 N–H and O–H groups in total. The van der Waals surface area contributed by atoms with Crippen molar-refractivity contribution in [2.45, 2.75) is 6.61 Å². The van der Waals surface area contributed by atoms with E-state index in [-0.39, 0.29) is 23.4 Å². The number of thiocarbonyl (C=S) groups is 1. The largest absolute Gasteiger partial charge is 0.489 e. The van der Waals surface area contributed by atoms with Crippen LogP contribution in [0, 0.1) is 11.6 Å². The van der Waals surface area contributed by atoms with Crippen LogP contribution in [0.25, 0.3) is 6.08 Å². The first kappa shape index (κ1) is 21.5. The highest BCUT2D eigenvalue weighted by Gasteiger charge is 2.33. The van der Waals surface area contributed by atoms with E-state index in [1.54, 1.807) is 42.5 Å². The lowest BCUT2D eigenvalue weighted by Gasteiger charge is -2.14. The molecule has 0 saturated carbocycles. The molecule has 3 aromatic rings. The van der Waals surface area contributed by atoms with Gasteiger partial charge >= 0.3 is 0 Å². The second kappa shape index (κ2) is 9.18. The summed E-state index contributed by atoms with van der Waals surface area (Å²) in [7, 11) is 0. The number of nitrogens with zero attached hydrogens (tertiary/aromatic N) is 1. The van der Waals surface area contributed by atoms with Crippen molar-refractivity contribution < 1.29 is 18.3 Å². The van der Waals surface area contributed by atoms with Crippen LogP contribution in [0.3, 0.4) is 0 Å². The summed E-state index contributed by atoms with van der Waals surface area (Å²) in [6.07, 6.45) is 1.69. The highest BCUT2D eigenvalue weighted by molar-refractivity contribution is 8.27. The van der Waals surface area contributed by atoms with Crippen molar-refractivity contribution in [3.63, 3.8) is 0 Å². The van der Waals surface area contributed by atoms with Crippen LogP contribution in [-0.4, -0.2) is 10.2 Å². The molecule has 4 rings (SSSR count). The van der Waals surface area contributed by atoms with E-state index in [4.69, 9.17) is 28.6 Å². The summed E-state index contributed by atoms with van der Waals surface area (Å²) in [6, 6.07) is 17.5. The molecule has 0 atom stereocenters. The van der Waals surface area contributed by atoms with Gasteiger partial charge in [-0.25, -0.2) is 8.78 Å². The summed E-state index contributed by atoms with van der Waals surface area (Å²) in [6.45, 7) is 0.0869. The van der Waals surface area contributed by atoms with Crippen LogP contribution in [0.5, 0.6) is 5.75 Å². The van der Waals surface area contributed by atoms with Crippen molar-refractivity contribution in [3.8, 4) is 5.75 Å². The average molecular weight is 474 g/mol.